The summed E-state index contributed by atoms with van der Waals surface area (Å²) in [6.45, 7) is 7.56. The average molecular weight is 351 g/mol. The number of hydrogen-bond donors (Lipinski definition) is 1. The van der Waals surface area contributed by atoms with Crippen molar-refractivity contribution in [2.75, 3.05) is 19.6 Å². The van der Waals surface area contributed by atoms with Crippen molar-refractivity contribution in [1.29, 1.82) is 0 Å². The van der Waals surface area contributed by atoms with Gasteiger partial charge in [-0.3, -0.25) is 4.79 Å². The number of amides is 1. The van der Waals surface area contributed by atoms with Gasteiger partial charge < -0.3 is 10.2 Å². The quantitative estimate of drug-likeness (QED) is 0.886. The van der Waals surface area contributed by atoms with Gasteiger partial charge in [0.1, 0.15) is 0 Å². The smallest absolute Gasteiger partial charge is 0.223 e. The zero-order chi connectivity index (χ0) is 16.2. The number of carbonyl (C=O) groups is 1. The van der Waals surface area contributed by atoms with Crippen LogP contribution in [0.3, 0.4) is 0 Å². The number of nitrogens with one attached hydrogen (secondary N) is 1. The number of nitrogens with zero attached hydrogens (tertiary/aromatic N) is 1. The van der Waals surface area contributed by atoms with E-state index in [2.05, 4.69) is 48.3 Å². The second-order valence-corrected chi connectivity index (χ2v) is 7.39. The maximum absolute atomic E-state index is 12.9. The van der Waals surface area contributed by atoms with E-state index in [9.17, 15) is 4.79 Å². The lowest BCUT2D eigenvalue weighted by atomic mass is 9.85. The molecular weight excluding hydrogens is 320 g/mol. The van der Waals surface area contributed by atoms with Crippen LogP contribution in [0, 0.1) is 18.8 Å². The Bertz CT molecular complexity index is 542. The van der Waals surface area contributed by atoms with Gasteiger partial charge in [0, 0.05) is 13.0 Å². The van der Waals surface area contributed by atoms with Crippen LogP contribution in [0.4, 0.5) is 0 Å². The number of carbonyl (C=O) groups excluding carboxylic acids is 1. The van der Waals surface area contributed by atoms with Gasteiger partial charge in [-0.25, -0.2) is 0 Å². The Morgan fingerprint density at radius 2 is 2.08 bits per heavy atom. The first-order chi connectivity index (χ1) is 11.2. The molecule has 4 heteroatoms. The minimum atomic E-state index is 0. The summed E-state index contributed by atoms with van der Waals surface area (Å²) in [6.07, 6.45) is 5.45. The molecule has 24 heavy (non-hydrogen) atoms. The number of likely N-dealkylation sites (tertiary alicyclic amines) is 1. The second kappa shape index (κ2) is 8.87. The van der Waals surface area contributed by atoms with E-state index < -0.39 is 0 Å². The molecule has 0 radical (unpaired) electrons. The van der Waals surface area contributed by atoms with Crippen LogP contribution in [-0.4, -0.2) is 30.4 Å². The first-order valence-electron chi connectivity index (χ1n) is 9.22. The normalized spacial score (nSPS) is 25.2. The molecule has 1 aromatic rings. The molecule has 3 rings (SSSR count). The Kier molecular flexibility index (Phi) is 7.12. The molecule has 3 atom stereocenters. The molecule has 2 aliphatic heterocycles. The van der Waals surface area contributed by atoms with Gasteiger partial charge in [0.05, 0.1) is 6.04 Å². The molecule has 1 aromatic carbocycles. The molecule has 1 amide bonds. The first kappa shape index (κ1) is 19.3. The largest absolute Gasteiger partial charge is 0.336 e. The monoisotopic (exact) mass is 350 g/mol. The molecule has 0 saturated carbocycles. The van der Waals surface area contributed by atoms with Crippen molar-refractivity contribution in [1.82, 2.24) is 10.2 Å². The fourth-order valence-corrected chi connectivity index (χ4v) is 4.27. The minimum Gasteiger partial charge on any atom is -0.336 e. The predicted molar refractivity (Wildman–Crippen MR) is 101 cm³/mol. The van der Waals surface area contributed by atoms with E-state index in [1.54, 1.807) is 0 Å². The molecule has 0 spiro atoms. The maximum atomic E-state index is 12.9. The van der Waals surface area contributed by atoms with E-state index in [1.807, 2.05) is 0 Å². The van der Waals surface area contributed by atoms with Gasteiger partial charge in [-0.15, -0.1) is 12.4 Å². The molecule has 0 aromatic heterocycles. The van der Waals surface area contributed by atoms with E-state index in [0.717, 1.165) is 32.5 Å². The third kappa shape index (κ3) is 4.31. The number of piperidine rings is 1. The SMILES string of the molecule is Cc1ccccc1C1CCCN1C(=O)CC(C)C1CCCNC1.Cl. The van der Waals surface area contributed by atoms with Crippen molar-refractivity contribution in [2.45, 2.75) is 52.0 Å². The van der Waals surface area contributed by atoms with Crippen molar-refractivity contribution in [3.63, 3.8) is 0 Å². The topological polar surface area (TPSA) is 32.3 Å². The summed E-state index contributed by atoms with van der Waals surface area (Å²) in [5.74, 6) is 1.49. The minimum absolute atomic E-state index is 0. The summed E-state index contributed by atoms with van der Waals surface area (Å²) in [4.78, 5) is 15.0. The number of rotatable bonds is 4. The van der Waals surface area contributed by atoms with Gasteiger partial charge in [-0.05, 0) is 68.7 Å². The van der Waals surface area contributed by atoms with E-state index >= 15 is 0 Å². The maximum Gasteiger partial charge on any atom is 0.223 e. The van der Waals surface area contributed by atoms with Crippen LogP contribution >= 0.6 is 12.4 Å². The van der Waals surface area contributed by atoms with Crippen molar-refractivity contribution < 1.29 is 4.79 Å². The molecule has 2 aliphatic rings. The highest BCUT2D eigenvalue weighted by molar-refractivity contribution is 5.85. The van der Waals surface area contributed by atoms with Crippen LogP contribution < -0.4 is 5.32 Å². The van der Waals surface area contributed by atoms with Gasteiger partial charge in [-0.1, -0.05) is 31.2 Å². The zero-order valence-electron chi connectivity index (χ0n) is 15.0. The number of hydrogen-bond acceptors (Lipinski definition) is 2. The Hall–Kier alpha value is -1.06. The van der Waals surface area contributed by atoms with E-state index in [0.29, 0.717) is 30.2 Å². The molecule has 2 saturated heterocycles. The average Bonchev–Trinajstić information content (AvgIpc) is 3.05. The lowest BCUT2D eigenvalue weighted by Gasteiger charge is -2.31. The number of halogens is 1. The molecule has 3 nitrogen and oxygen atoms in total. The Morgan fingerprint density at radius 1 is 1.29 bits per heavy atom. The molecule has 3 unspecified atom stereocenters. The third-order valence-corrected chi connectivity index (χ3v) is 5.76. The van der Waals surface area contributed by atoms with Gasteiger partial charge in [-0.2, -0.15) is 0 Å². The summed E-state index contributed by atoms with van der Waals surface area (Å²) in [7, 11) is 0. The molecule has 134 valence electrons. The molecule has 2 heterocycles. The fourth-order valence-electron chi connectivity index (χ4n) is 4.27. The van der Waals surface area contributed by atoms with Crippen LogP contribution in [0.15, 0.2) is 24.3 Å². The summed E-state index contributed by atoms with van der Waals surface area (Å²) in [5.41, 5.74) is 2.65. The standard InChI is InChI=1S/C20H30N2O.ClH/c1-15-7-3-4-9-18(15)19-10-6-12-22(19)20(23)13-16(2)17-8-5-11-21-14-17;/h3-4,7,9,16-17,19,21H,5-6,8,10-14H2,1-2H3;1H. The number of aryl methyl sites for hydroxylation is 1. The molecule has 2 fully saturated rings. The molecule has 0 bridgehead atoms. The Morgan fingerprint density at radius 3 is 2.79 bits per heavy atom. The van der Waals surface area contributed by atoms with Crippen molar-refractivity contribution in [2.24, 2.45) is 11.8 Å². The van der Waals surface area contributed by atoms with Gasteiger partial charge in [0.15, 0.2) is 0 Å². The Balaban J connectivity index is 0.00000208. The summed E-state index contributed by atoms with van der Waals surface area (Å²) >= 11 is 0. The zero-order valence-corrected chi connectivity index (χ0v) is 15.8. The van der Waals surface area contributed by atoms with E-state index in [4.69, 9.17) is 0 Å². The second-order valence-electron chi connectivity index (χ2n) is 7.39. The summed E-state index contributed by atoms with van der Waals surface area (Å²) < 4.78 is 0. The highest BCUT2D eigenvalue weighted by Crippen LogP contribution is 2.35. The van der Waals surface area contributed by atoms with Crippen molar-refractivity contribution in [3.8, 4) is 0 Å². The molecular formula is C20H31ClN2O. The lowest BCUT2D eigenvalue weighted by molar-refractivity contribution is -0.133. The lowest BCUT2D eigenvalue weighted by Crippen LogP contribution is -2.37. The highest BCUT2D eigenvalue weighted by Gasteiger charge is 2.32. The van der Waals surface area contributed by atoms with Crippen molar-refractivity contribution >= 4 is 18.3 Å². The van der Waals surface area contributed by atoms with Crippen LogP contribution in [0.1, 0.15) is 56.2 Å². The molecule has 0 aliphatic carbocycles. The van der Waals surface area contributed by atoms with Crippen LogP contribution in [0.25, 0.3) is 0 Å². The number of benzene rings is 1. The van der Waals surface area contributed by atoms with Crippen LogP contribution in [0.5, 0.6) is 0 Å². The predicted octanol–water partition coefficient (Wildman–Crippen LogP) is 4.11. The molecule has 1 N–H and O–H groups in total. The van der Waals surface area contributed by atoms with Gasteiger partial charge in [0.2, 0.25) is 5.91 Å². The summed E-state index contributed by atoms with van der Waals surface area (Å²) in [5, 5.41) is 3.48. The van der Waals surface area contributed by atoms with Crippen molar-refractivity contribution in [3.05, 3.63) is 35.4 Å². The highest BCUT2D eigenvalue weighted by atomic mass is 35.5. The van der Waals surface area contributed by atoms with Crippen LogP contribution in [0.2, 0.25) is 0 Å². The summed E-state index contributed by atoms with van der Waals surface area (Å²) in [6, 6.07) is 8.82. The first-order valence-corrected chi connectivity index (χ1v) is 9.22. The fraction of sp³-hybridized carbons (Fsp3) is 0.650. The Labute approximate surface area is 152 Å². The van der Waals surface area contributed by atoms with Gasteiger partial charge >= 0.3 is 0 Å². The van der Waals surface area contributed by atoms with Gasteiger partial charge in [0.25, 0.3) is 0 Å². The third-order valence-electron chi connectivity index (χ3n) is 5.76. The van der Waals surface area contributed by atoms with Crippen LogP contribution in [-0.2, 0) is 4.79 Å². The van der Waals surface area contributed by atoms with E-state index in [1.165, 1.54) is 24.0 Å². The van der Waals surface area contributed by atoms with E-state index in [-0.39, 0.29) is 12.4 Å².